The third kappa shape index (κ3) is 3.45. The summed E-state index contributed by atoms with van der Waals surface area (Å²) in [5.74, 6) is -1.38. The minimum atomic E-state index is -0.886. The van der Waals surface area contributed by atoms with Crippen molar-refractivity contribution in [3.05, 3.63) is 0 Å². The van der Waals surface area contributed by atoms with Gasteiger partial charge in [-0.2, -0.15) is 0 Å². The molecular weight excluding hydrogens is 248 g/mol. The Hall–Kier alpha value is -1.59. The number of carboxylic acids is 1. The molecule has 0 saturated carbocycles. The van der Waals surface area contributed by atoms with Crippen molar-refractivity contribution in [1.82, 2.24) is 10.2 Å². The highest BCUT2D eigenvalue weighted by molar-refractivity contribution is 5.88. The van der Waals surface area contributed by atoms with Gasteiger partial charge in [0.15, 0.2) is 0 Å². The number of rotatable bonds is 4. The van der Waals surface area contributed by atoms with Crippen molar-refractivity contribution in [2.75, 3.05) is 13.1 Å². The van der Waals surface area contributed by atoms with Gasteiger partial charge in [0.05, 0.1) is 5.41 Å². The Morgan fingerprint density at radius 3 is 2.26 bits per heavy atom. The molecule has 0 aromatic rings. The SMILES string of the molecule is CC(=O)NC(C(=O)N1CCC(C)(C(=O)O)C1)C(C)C. The number of hydrogen-bond acceptors (Lipinski definition) is 3. The van der Waals surface area contributed by atoms with Gasteiger partial charge in [0, 0.05) is 20.0 Å². The van der Waals surface area contributed by atoms with E-state index in [1.54, 1.807) is 6.92 Å². The number of hydrogen-bond donors (Lipinski definition) is 2. The van der Waals surface area contributed by atoms with Crippen molar-refractivity contribution in [2.24, 2.45) is 11.3 Å². The Balaban J connectivity index is 2.77. The molecule has 0 aliphatic carbocycles. The Labute approximate surface area is 113 Å². The van der Waals surface area contributed by atoms with Gasteiger partial charge in [-0.05, 0) is 19.3 Å². The Bertz CT molecular complexity index is 394. The van der Waals surface area contributed by atoms with E-state index in [1.165, 1.54) is 11.8 Å². The predicted octanol–water partition coefficient (Wildman–Crippen LogP) is 0.470. The average molecular weight is 270 g/mol. The largest absolute Gasteiger partial charge is 0.481 e. The zero-order valence-electron chi connectivity index (χ0n) is 11.9. The molecular formula is C13H22N2O4. The molecule has 108 valence electrons. The number of carbonyl (C=O) groups is 3. The van der Waals surface area contributed by atoms with Crippen LogP contribution >= 0.6 is 0 Å². The van der Waals surface area contributed by atoms with Crippen LogP contribution < -0.4 is 5.32 Å². The topological polar surface area (TPSA) is 86.7 Å². The number of likely N-dealkylation sites (tertiary alicyclic amines) is 1. The van der Waals surface area contributed by atoms with Crippen LogP contribution in [0.3, 0.4) is 0 Å². The molecule has 0 bridgehead atoms. The lowest BCUT2D eigenvalue weighted by molar-refractivity contribution is -0.147. The van der Waals surface area contributed by atoms with Gasteiger partial charge in [-0.3, -0.25) is 14.4 Å². The number of nitrogens with one attached hydrogen (secondary N) is 1. The molecule has 0 aromatic carbocycles. The molecule has 2 atom stereocenters. The van der Waals surface area contributed by atoms with Crippen LogP contribution in [0.5, 0.6) is 0 Å². The summed E-state index contributed by atoms with van der Waals surface area (Å²) in [6.45, 7) is 7.34. The molecule has 0 aromatic heterocycles. The highest BCUT2D eigenvalue weighted by Crippen LogP contribution is 2.30. The normalized spacial score (nSPS) is 24.4. The van der Waals surface area contributed by atoms with E-state index in [9.17, 15) is 14.4 Å². The van der Waals surface area contributed by atoms with E-state index in [0.29, 0.717) is 13.0 Å². The lowest BCUT2D eigenvalue weighted by atomic mass is 9.90. The van der Waals surface area contributed by atoms with Crippen molar-refractivity contribution in [1.29, 1.82) is 0 Å². The molecule has 1 saturated heterocycles. The fraction of sp³-hybridized carbons (Fsp3) is 0.769. The van der Waals surface area contributed by atoms with Crippen molar-refractivity contribution in [3.63, 3.8) is 0 Å². The minimum Gasteiger partial charge on any atom is -0.481 e. The summed E-state index contributed by atoms with van der Waals surface area (Å²) < 4.78 is 0. The van der Waals surface area contributed by atoms with Crippen molar-refractivity contribution in [2.45, 2.75) is 40.2 Å². The molecule has 1 heterocycles. The maximum Gasteiger partial charge on any atom is 0.311 e. The van der Waals surface area contributed by atoms with E-state index in [-0.39, 0.29) is 24.3 Å². The lowest BCUT2D eigenvalue weighted by Gasteiger charge is -2.27. The molecule has 1 fully saturated rings. The first kappa shape index (κ1) is 15.5. The summed E-state index contributed by atoms with van der Waals surface area (Å²) in [7, 11) is 0. The molecule has 6 heteroatoms. The number of amides is 2. The van der Waals surface area contributed by atoms with E-state index < -0.39 is 17.4 Å². The number of carboxylic acid groups (broad SMARTS) is 1. The van der Waals surface area contributed by atoms with Crippen molar-refractivity contribution >= 4 is 17.8 Å². The van der Waals surface area contributed by atoms with Crippen LogP contribution in [0.25, 0.3) is 0 Å². The van der Waals surface area contributed by atoms with Crippen LogP contribution in [0.15, 0.2) is 0 Å². The second kappa shape index (κ2) is 5.59. The summed E-state index contributed by atoms with van der Waals surface area (Å²) in [5, 5.41) is 11.8. The number of nitrogens with zero attached hydrogens (tertiary/aromatic N) is 1. The van der Waals surface area contributed by atoms with Gasteiger partial charge < -0.3 is 15.3 Å². The van der Waals surface area contributed by atoms with Gasteiger partial charge in [-0.1, -0.05) is 13.8 Å². The predicted molar refractivity (Wildman–Crippen MR) is 69.4 cm³/mol. The lowest BCUT2D eigenvalue weighted by Crippen LogP contribution is -2.50. The van der Waals surface area contributed by atoms with E-state index in [2.05, 4.69) is 5.32 Å². The van der Waals surface area contributed by atoms with Crippen LogP contribution in [0, 0.1) is 11.3 Å². The first-order chi connectivity index (χ1) is 8.67. The third-order valence-electron chi connectivity index (χ3n) is 3.59. The van der Waals surface area contributed by atoms with Gasteiger partial charge in [0.1, 0.15) is 6.04 Å². The fourth-order valence-electron chi connectivity index (χ4n) is 2.25. The molecule has 1 aliphatic rings. The van der Waals surface area contributed by atoms with E-state index in [4.69, 9.17) is 5.11 Å². The minimum absolute atomic E-state index is 0.0342. The van der Waals surface area contributed by atoms with Crippen LogP contribution in [-0.2, 0) is 14.4 Å². The smallest absolute Gasteiger partial charge is 0.311 e. The molecule has 2 amide bonds. The monoisotopic (exact) mass is 270 g/mol. The van der Waals surface area contributed by atoms with E-state index in [1.807, 2.05) is 13.8 Å². The quantitative estimate of drug-likeness (QED) is 0.777. The van der Waals surface area contributed by atoms with Gasteiger partial charge in [0.25, 0.3) is 0 Å². The van der Waals surface area contributed by atoms with Crippen LogP contribution in [-0.4, -0.2) is 46.9 Å². The highest BCUT2D eigenvalue weighted by Gasteiger charge is 2.43. The summed E-state index contributed by atoms with van der Waals surface area (Å²) >= 11 is 0. The third-order valence-corrected chi connectivity index (χ3v) is 3.59. The Kier molecular flexibility index (Phi) is 4.55. The van der Waals surface area contributed by atoms with Crippen LogP contribution in [0.2, 0.25) is 0 Å². The van der Waals surface area contributed by atoms with Gasteiger partial charge in [0.2, 0.25) is 11.8 Å². The standard InChI is InChI=1S/C13H22N2O4/c1-8(2)10(14-9(3)16)11(17)15-6-5-13(4,7-15)12(18)19/h8,10H,5-7H2,1-4H3,(H,14,16)(H,18,19). The summed E-state index contributed by atoms with van der Waals surface area (Å²) in [6.07, 6.45) is 0.443. The fourth-order valence-corrected chi connectivity index (χ4v) is 2.25. The summed E-state index contributed by atoms with van der Waals surface area (Å²) in [4.78, 5) is 36.2. The van der Waals surface area contributed by atoms with E-state index >= 15 is 0 Å². The molecule has 1 rings (SSSR count). The molecule has 2 unspecified atom stereocenters. The first-order valence-electron chi connectivity index (χ1n) is 6.46. The average Bonchev–Trinajstić information content (AvgIpc) is 2.69. The zero-order chi connectivity index (χ0) is 14.8. The first-order valence-corrected chi connectivity index (χ1v) is 6.46. The van der Waals surface area contributed by atoms with Crippen molar-refractivity contribution < 1.29 is 19.5 Å². The zero-order valence-corrected chi connectivity index (χ0v) is 11.9. The maximum absolute atomic E-state index is 12.4. The molecule has 19 heavy (non-hydrogen) atoms. The second-order valence-electron chi connectivity index (χ2n) is 5.80. The second-order valence-corrected chi connectivity index (χ2v) is 5.80. The Morgan fingerprint density at radius 2 is 1.89 bits per heavy atom. The molecule has 0 radical (unpaired) electrons. The van der Waals surface area contributed by atoms with Gasteiger partial charge in [-0.15, -0.1) is 0 Å². The highest BCUT2D eigenvalue weighted by atomic mass is 16.4. The summed E-state index contributed by atoms with van der Waals surface area (Å²) in [6, 6.07) is -0.589. The summed E-state index contributed by atoms with van der Waals surface area (Å²) in [5.41, 5.74) is -0.882. The van der Waals surface area contributed by atoms with Gasteiger partial charge in [-0.25, -0.2) is 0 Å². The molecule has 1 aliphatic heterocycles. The molecule has 2 N–H and O–H groups in total. The van der Waals surface area contributed by atoms with Gasteiger partial charge >= 0.3 is 5.97 Å². The molecule has 0 spiro atoms. The maximum atomic E-state index is 12.4. The van der Waals surface area contributed by atoms with Crippen LogP contribution in [0.4, 0.5) is 0 Å². The number of aliphatic carboxylic acids is 1. The Morgan fingerprint density at radius 1 is 1.32 bits per heavy atom. The van der Waals surface area contributed by atoms with Crippen LogP contribution in [0.1, 0.15) is 34.1 Å². The number of carbonyl (C=O) groups excluding carboxylic acids is 2. The molecule has 6 nitrogen and oxygen atoms in total. The van der Waals surface area contributed by atoms with E-state index in [0.717, 1.165) is 0 Å². The van der Waals surface area contributed by atoms with Crippen molar-refractivity contribution in [3.8, 4) is 0 Å².